The molecule has 3 heterocycles. The Morgan fingerprint density at radius 2 is 2.25 bits per heavy atom. The standard InChI is InChI=1S/C11H15N5O4/c1-19-8-5(2-17)20-11(7(8)18)16-4-15-6-9(12)13-3-14-10(6)16/h3-5,7-8,11,17-18H,2H2,1H3,(H2,12,13,14)/t5-,7-,8-,11-/m0/s1. The van der Waals surface area contributed by atoms with Gasteiger partial charge in [-0.3, -0.25) is 4.57 Å². The van der Waals surface area contributed by atoms with Crippen molar-refractivity contribution in [2.45, 2.75) is 24.5 Å². The van der Waals surface area contributed by atoms with Gasteiger partial charge in [0.25, 0.3) is 0 Å². The summed E-state index contributed by atoms with van der Waals surface area (Å²) < 4.78 is 12.3. The molecule has 9 heteroatoms. The Morgan fingerprint density at radius 3 is 2.90 bits per heavy atom. The zero-order chi connectivity index (χ0) is 14.3. The Labute approximate surface area is 114 Å². The molecule has 0 saturated carbocycles. The molecule has 2 aromatic rings. The molecule has 2 aromatic heterocycles. The van der Waals surface area contributed by atoms with Gasteiger partial charge in [0.05, 0.1) is 12.9 Å². The second kappa shape index (κ2) is 4.94. The van der Waals surface area contributed by atoms with Gasteiger partial charge in [-0.1, -0.05) is 0 Å². The Bertz CT molecular complexity index is 618. The number of rotatable bonds is 3. The molecule has 1 fully saturated rings. The van der Waals surface area contributed by atoms with Crippen LogP contribution in [0, 0.1) is 0 Å². The number of aromatic nitrogens is 4. The fraction of sp³-hybridized carbons (Fsp3) is 0.545. The molecule has 20 heavy (non-hydrogen) atoms. The minimum absolute atomic E-state index is 0.253. The number of fused-ring (bicyclic) bond motifs is 1. The summed E-state index contributed by atoms with van der Waals surface area (Å²) in [7, 11) is 1.45. The number of nitrogen functional groups attached to an aromatic ring is 1. The molecule has 0 amide bonds. The highest BCUT2D eigenvalue weighted by atomic mass is 16.6. The molecule has 0 spiro atoms. The third-order valence-corrected chi connectivity index (χ3v) is 3.42. The minimum atomic E-state index is -0.953. The third kappa shape index (κ3) is 1.83. The predicted octanol–water partition coefficient (Wildman–Crippen LogP) is -1.33. The van der Waals surface area contributed by atoms with Crippen LogP contribution in [0.1, 0.15) is 6.23 Å². The first-order chi connectivity index (χ1) is 9.67. The fourth-order valence-electron chi connectivity index (χ4n) is 2.44. The zero-order valence-electron chi connectivity index (χ0n) is 10.7. The van der Waals surface area contributed by atoms with Crippen molar-refractivity contribution in [3.8, 4) is 0 Å². The summed E-state index contributed by atoms with van der Waals surface area (Å²) in [6.45, 7) is -0.254. The van der Waals surface area contributed by atoms with Crippen molar-refractivity contribution >= 4 is 17.0 Å². The van der Waals surface area contributed by atoms with Gasteiger partial charge >= 0.3 is 0 Å². The van der Waals surface area contributed by atoms with Crippen LogP contribution in [-0.2, 0) is 9.47 Å². The molecule has 0 aliphatic carbocycles. The molecule has 0 radical (unpaired) electrons. The summed E-state index contributed by atoms with van der Waals surface area (Å²) in [5.41, 5.74) is 6.60. The van der Waals surface area contributed by atoms with E-state index in [-0.39, 0.29) is 12.4 Å². The average molecular weight is 281 g/mol. The normalized spacial score (nSPS) is 30.1. The first-order valence-electron chi connectivity index (χ1n) is 6.07. The van der Waals surface area contributed by atoms with Crippen LogP contribution in [0.5, 0.6) is 0 Å². The summed E-state index contributed by atoms with van der Waals surface area (Å²) >= 11 is 0. The van der Waals surface area contributed by atoms with Crippen molar-refractivity contribution in [1.82, 2.24) is 19.5 Å². The van der Waals surface area contributed by atoms with E-state index < -0.39 is 24.5 Å². The second-order valence-electron chi connectivity index (χ2n) is 4.52. The van der Waals surface area contributed by atoms with Crippen LogP contribution in [0.25, 0.3) is 11.2 Å². The van der Waals surface area contributed by atoms with Crippen molar-refractivity contribution in [3.05, 3.63) is 12.7 Å². The van der Waals surface area contributed by atoms with E-state index in [0.717, 1.165) is 0 Å². The zero-order valence-corrected chi connectivity index (χ0v) is 10.7. The van der Waals surface area contributed by atoms with E-state index in [9.17, 15) is 10.2 Å². The highest BCUT2D eigenvalue weighted by molar-refractivity contribution is 5.81. The lowest BCUT2D eigenvalue weighted by Crippen LogP contribution is -2.35. The van der Waals surface area contributed by atoms with Gasteiger partial charge in [0.15, 0.2) is 17.7 Å². The van der Waals surface area contributed by atoms with Crippen LogP contribution in [0.3, 0.4) is 0 Å². The van der Waals surface area contributed by atoms with Gasteiger partial charge in [-0.2, -0.15) is 0 Å². The highest BCUT2D eigenvalue weighted by Crippen LogP contribution is 2.32. The van der Waals surface area contributed by atoms with Gasteiger partial charge in [0, 0.05) is 7.11 Å². The minimum Gasteiger partial charge on any atom is -0.394 e. The van der Waals surface area contributed by atoms with E-state index in [0.29, 0.717) is 11.2 Å². The van der Waals surface area contributed by atoms with Gasteiger partial charge in [-0.15, -0.1) is 0 Å². The number of aliphatic hydroxyl groups excluding tert-OH is 2. The molecule has 4 atom stereocenters. The van der Waals surface area contributed by atoms with Crippen molar-refractivity contribution < 1.29 is 19.7 Å². The summed E-state index contributed by atoms with van der Waals surface area (Å²) in [6.07, 6.45) is -0.162. The maximum atomic E-state index is 10.3. The number of aliphatic hydroxyl groups is 2. The number of ether oxygens (including phenoxy) is 2. The van der Waals surface area contributed by atoms with Crippen molar-refractivity contribution in [3.63, 3.8) is 0 Å². The number of hydrogen-bond acceptors (Lipinski definition) is 8. The Kier molecular flexibility index (Phi) is 3.26. The van der Waals surface area contributed by atoms with Gasteiger partial charge in [0.2, 0.25) is 0 Å². The molecular formula is C11H15N5O4. The number of hydrogen-bond donors (Lipinski definition) is 3. The summed E-state index contributed by atoms with van der Waals surface area (Å²) in [5.74, 6) is 0.253. The Morgan fingerprint density at radius 1 is 1.45 bits per heavy atom. The van der Waals surface area contributed by atoms with Crippen LogP contribution < -0.4 is 5.73 Å². The number of anilines is 1. The molecule has 3 rings (SSSR count). The Hall–Kier alpha value is -1.81. The van der Waals surface area contributed by atoms with E-state index in [4.69, 9.17) is 15.2 Å². The molecule has 0 bridgehead atoms. The maximum Gasteiger partial charge on any atom is 0.167 e. The van der Waals surface area contributed by atoms with E-state index >= 15 is 0 Å². The molecule has 1 aliphatic rings. The van der Waals surface area contributed by atoms with E-state index in [1.807, 2.05) is 0 Å². The molecule has 9 nitrogen and oxygen atoms in total. The monoisotopic (exact) mass is 281 g/mol. The van der Waals surface area contributed by atoms with Crippen molar-refractivity contribution in [1.29, 1.82) is 0 Å². The van der Waals surface area contributed by atoms with Crippen LogP contribution in [0.4, 0.5) is 5.82 Å². The van der Waals surface area contributed by atoms with Crippen LogP contribution in [-0.4, -0.2) is 61.8 Å². The quantitative estimate of drug-likeness (QED) is 0.631. The van der Waals surface area contributed by atoms with Gasteiger partial charge < -0.3 is 25.4 Å². The van der Waals surface area contributed by atoms with Crippen molar-refractivity contribution in [2.24, 2.45) is 0 Å². The van der Waals surface area contributed by atoms with E-state index in [1.54, 1.807) is 4.57 Å². The third-order valence-electron chi connectivity index (χ3n) is 3.42. The van der Waals surface area contributed by atoms with Crippen LogP contribution in [0.2, 0.25) is 0 Å². The predicted molar refractivity (Wildman–Crippen MR) is 67.5 cm³/mol. The first-order valence-corrected chi connectivity index (χ1v) is 6.07. The lowest BCUT2D eigenvalue weighted by molar-refractivity contribution is -0.0535. The van der Waals surface area contributed by atoms with Crippen molar-refractivity contribution in [2.75, 3.05) is 19.5 Å². The second-order valence-corrected chi connectivity index (χ2v) is 4.52. The smallest absolute Gasteiger partial charge is 0.167 e. The van der Waals surface area contributed by atoms with E-state index in [2.05, 4.69) is 15.0 Å². The first kappa shape index (κ1) is 13.2. The molecular weight excluding hydrogens is 266 g/mol. The summed E-state index contributed by atoms with van der Waals surface area (Å²) in [5, 5.41) is 19.5. The molecule has 1 saturated heterocycles. The van der Waals surface area contributed by atoms with E-state index in [1.165, 1.54) is 19.8 Å². The SMILES string of the molecule is CO[C@@H]1[C@H](O)[C@@H](n2cnc3c(N)ncnc32)O[C@H]1CO. The molecule has 0 aromatic carbocycles. The summed E-state index contributed by atoms with van der Waals surface area (Å²) in [4.78, 5) is 12.1. The van der Waals surface area contributed by atoms with Gasteiger partial charge in [-0.05, 0) is 0 Å². The lowest BCUT2D eigenvalue weighted by atomic mass is 10.1. The number of nitrogens with two attached hydrogens (primary N) is 1. The molecule has 1 aliphatic heterocycles. The summed E-state index contributed by atoms with van der Waals surface area (Å²) in [6, 6.07) is 0. The van der Waals surface area contributed by atoms with Gasteiger partial charge in [0.1, 0.15) is 30.2 Å². The Balaban J connectivity index is 2.01. The molecule has 108 valence electrons. The number of methoxy groups -OCH3 is 1. The van der Waals surface area contributed by atoms with Crippen LogP contribution in [0.15, 0.2) is 12.7 Å². The number of nitrogens with zero attached hydrogens (tertiary/aromatic N) is 4. The maximum absolute atomic E-state index is 10.3. The average Bonchev–Trinajstić information content (AvgIpc) is 3.00. The number of imidazole rings is 1. The highest BCUT2D eigenvalue weighted by Gasteiger charge is 2.45. The largest absolute Gasteiger partial charge is 0.394 e. The molecule has 4 N–H and O–H groups in total. The molecule has 0 unspecified atom stereocenters. The van der Waals surface area contributed by atoms with Crippen LogP contribution >= 0.6 is 0 Å². The lowest BCUT2D eigenvalue weighted by Gasteiger charge is -2.17. The topological polar surface area (TPSA) is 129 Å². The van der Waals surface area contributed by atoms with Gasteiger partial charge in [-0.25, -0.2) is 15.0 Å². The fourth-order valence-corrected chi connectivity index (χ4v) is 2.44.